The van der Waals surface area contributed by atoms with E-state index in [1.165, 1.54) is 70.6 Å². The summed E-state index contributed by atoms with van der Waals surface area (Å²) in [6.45, 7) is 1.63. The molecule has 17 unspecified atom stereocenters. The maximum Gasteiger partial charge on any atom is 0.220 e. The summed E-state index contributed by atoms with van der Waals surface area (Å²) < 4.78 is 34.3. The molecule has 500 valence electrons. The minimum atomic E-state index is -1.98. The first kappa shape index (κ1) is 78.0. The molecule has 1 amide bonds. The smallest absolute Gasteiger partial charge is 0.220 e. The lowest BCUT2D eigenvalue weighted by Crippen LogP contribution is -2.66. The lowest BCUT2D eigenvalue weighted by molar-refractivity contribution is -0.379. The molecule has 3 aliphatic heterocycles. The minimum Gasteiger partial charge on any atom is -0.394 e. The van der Waals surface area contributed by atoms with Gasteiger partial charge >= 0.3 is 0 Å². The van der Waals surface area contributed by atoms with Crippen LogP contribution in [0.4, 0.5) is 0 Å². The molecular weight excluding hydrogens is 1120 g/mol. The third-order valence-corrected chi connectivity index (χ3v) is 15.9. The Labute approximate surface area is 520 Å². The summed E-state index contributed by atoms with van der Waals surface area (Å²) in [5, 5.41) is 120. The molecule has 0 radical (unpaired) electrons. The number of rotatable bonds is 48. The van der Waals surface area contributed by atoms with Crippen molar-refractivity contribution in [2.45, 2.75) is 298 Å². The molecule has 3 saturated heterocycles. The number of carbonyl (C=O) groups excluding carboxylic acids is 1. The first-order valence-electron chi connectivity index (χ1n) is 33.0. The quantitative estimate of drug-likeness (QED) is 0.0205. The molecule has 12 N–H and O–H groups in total. The van der Waals surface area contributed by atoms with Crippen molar-refractivity contribution in [1.82, 2.24) is 5.32 Å². The third-order valence-electron chi connectivity index (χ3n) is 15.9. The van der Waals surface area contributed by atoms with Crippen LogP contribution < -0.4 is 5.32 Å². The van der Waals surface area contributed by atoms with E-state index in [0.717, 1.165) is 83.5 Å². The Balaban J connectivity index is 1.46. The summed E-state index contributed by atoms with van der Waals surface area (Å²) in [4.78, 5) is 13.4. The van der Waals surface area contributed by atoms with Gasteiger partial charge in [-0.1, -0.05) is 207 Å². The summed E-state index contributed by atoms with van der Waals surface area (Å²) in [5.74, 6) is -0.289. The molecule has 17 atom stereocenters. The number of aliphatic hydroxyl groups is 11. The maximum absolute atomic E-state index is 13.4. The first-order valence-corrected chi connectivity index (χ1v) is 33.0. The highest BCUT2D eigenvalue weighted by Gasteiger charge is 2.53. The van der Waals surface area contributed by atoms with Crippen LogP contribution in [0.1, 0.15) is 194 Å². The van der Waals surface area contributed by atoms with Crippen LogP contribution in [-0.2, 0) is 33.2 Å². The van der Waals surface area contributed by atoms with Gasteiger partial charge in [-0.25, -0.2) is 0 Å². The molecule has 0 bridgehead atoms. The average molecular weight is 1230 g/mol. The predicted molar refractivity (Wildman–Crippen MR) is 337 cm³/mol. The molecule has 3 aliphatic rings. The lowest BCUT2D eigenvalue weighted by atomic mass is 9.96. The first-order chi connectivity index (χ1) is 42.3. The van der Waals surface area contributed by atoms with Crippen LogP contribution in [0.15, 0.2) is 97.2 Å². The standard InChI is InChI=1S/C68H115NO18/c1-3-5-7-9-11-13-15-17-19-20-21-22-23-24-25-26-27-28-29-30-32-34-36-38-40-42-44-46-56(74)69-51(52(73)45-43-41-39-37-35-33-31-18-16-14-12-10-8-6-4-2)50-82-66-62(80)59(77)64(54(48-71)84-66)87-68-63(81)60(78)65(55(49-72)85-68)86-67-61(79)58(76)57(75)53(47-70)83-67/h5,7,11,13,17,19,21-22,24-25,27-28,30,32,36,38,51-55,57-68,70-73,75-81H,3-4,6,8-10,12,14-16,18,20,23,26,29,31,33-35,37,39-50H2,1-2H3,(H,69,74)/b7-5-,13-11-,19-17-,22-21-,25-24-,28-27-,32-30-,38-36-. The molecule has 3 fully saturated rings. The van der Waals surface area contributed by atoms with Crippen molar-refractivity contribution in [2.75, 3.05) is 26.4 Å². The SMILES string of the molecule is CC/C=C\C/C=C\C/C=C\C/C=C\C/C=C\C/C=C\C/C=C\C/C=C\CCCCC(=O)NC(COC1OC(CO)C(OC2OC(CO)C(OC3OC(CO)C(O)C(O)C3O)C(O)C2O)C(O)C1O)C(O)CCCCCCCCCCCCCCCCC. The van der Waals surface area contributed by atoms with Crippen LogP contribution in [0, 0.1) is 0 Å². The van der Waals surface area contributed by atoms with Gasteiger partial charge in [-0.05, 0) is 77.0 Å². The van der Waals surface area contributed by atoms with Crippen molar-refractivity contribution >= 4 is 5.91 Å². The Bertz CT molecular complexity index is 1960. The number of ether oxygens (including phenoxy) is 6. The van der Waals surface area contributed by atoms with Gasteiger partial charge in [-0.15, -0.1) is 0 Å². The van der Waals surface area contributed by atoms with E-state index in [2.05, 4.69) is 116 Å². The van der Waals surface area contributed by atoms with E-state index in [9.17, 15) is 61.0 Å². The van der Waals surface area contributed by atoms with Crippen LogP contribution in [0.25, 0.3) is 0 Å². The zero-order chi connectivity index (χ0) is 63.3. The van der Waals surface area contributed by atoms with Crippen molar-refractivity contribution in [1.29, 1.82) is 0 Å². The van der Waals surface area contributed by atoms with E-state index in [1.54, 1.807) is 0 Å². The molecule has 3 rings (SSSR count). The van der Waals surface area contributed by atoms with Gasteiger partial charge in [0, 0.05) is 6.42 Å². The van der Waals surface area contributed by atoms with E-state index >= 15 is 0 Å². The summed E-state index contributed by atoms with van der Waals surface area (Å²) in [5.41, 5.74) is 0. The van der Waals surface area contributed by atoms with E-state index in [4.69, 9.17) is 28.4 Å². The summed E-state index contributed by atoms with van der Waals surface area (Å²) in [7, 11) is 0. The van der Waals surface area contributed by atoms with Crippen molar-refractivity contribution < 1.29 is 89.4 Å². The van der Waals surface area contributed by atoms with Gasteiger partial charge in [0.05, 0.1) is 38.6 Å². The van der Waals surface area contributed by atoms with Gasteiger partial charge < -0.3 is 89.9 Å². The Kier molecular flexibility index (Phi) is 44.3. The fourth-order valence-electron chi connectivity index (χ4n) is 10.6. The molecule has 0 saturated carbocycles. The van der Waals surface area contributed by atoms with Crippen molar-refractivity contribution in [3.05, 3.63) is 97.2 Å². The molecular formula is C68H115NO18. The van der Waals surface area contributed by atoms with Crippen LogP contribution >= 0.6 is 0 Å². The van der Waals surface area contributed by atoms with Gasteiger partial charge in [-0.2, -0.15) is 0 Å². The molecule has 0 aromatic rings. The normalized spacial score (nSPS) is 29.2. The second kappa shape index (κ2) is 49.4. The number of hydrogen-bond donors (Lipinski definition) is 12. The number of allylic oxidation sites excluding steroid dienone is 16. The molecule has 19 nitrogen and oxygen atoms in total. The number of carbonyl (C=O) groups is 1. The monoisotopic (exact) mass is 1230 g/mol. The van der Waals surface area contributed by atoms with Crippen molar-refractivity contribution in [3.63, 3.8) is 0 Å². The van der Waals surface area contributed by atoms with Gasteiger partial charge in [0.15, 0.2) is 18.9 Å². The fourth-order valence-corrected chi connectivity index (χ4v) is 10.6. The molecule has 0 aliphatic carbocycles. The van der Waals surface area contributed by atoms with Gasteiger partial charge in [-0.3, -0.25) is 4.79 Å². The van der Waals surface area contributed by atoms with Crippen LogP contribution in [0.2, 0.25) is 0 Å². The number of unbranched alkanes of at least 4 members (excludes halogenated alkanes) is 16. The van der Waals surface area contributed by atoms with Gasteiger partial charge in [0.25, 0.3) is 0 Å². The van der Waals surface area contributed by atoms with Crippen molar-refractivity contribution in [2.24, 2.45) is 0 Å². The number of hydrogen-bond acceptors (Lipinski definition) is 18. The predicted octanol–water partition coefficient (Wildman–Crippen LogP) is 7.71. The second-order valence-electron chi connectivity index (χ2n) is 23.2. The number of aliphatic hydroxyl groups excluding tert-OH is 11. The summed E-state index contributed by atoms with van der Waals surface area (Å²) in [6, 6.07) is -0.918. The molecule has 0 spiro atoms. The fraction of sp³-hybridized carbons (Fsp3) is 0.750. The van der Waals surface area contributed by atoms with Gasteiger partial charge in [0.1, 0.15) is 73.2 Å². The molecule has 87 heavy (non-hydrogen) atoms. The topological polar surface area (TPSA) is 307 Å². The summed E-state index contributed by atoms with van der Waals surface area (Å²) in [6.07, 6.45) is 36.2. The lowest BCUT2D eigenvalue weighted by Gasteiger charge is -2.48. The minimum absolute atomic E-state index is 0.205. The zero-order valence-corrected chi connectivity index (χ0v) is 52.5. The average Bonchev–Trinajstić information content (AvgIpc) is 1.10. The highest BCUT2D eigenvalue weighted by molar-refractivity contribution is 5.76. The molecule has 0 aromatic heterocycles. The van der Waals surface area contributed by atoms with E-state index in [0.29, 0.717) is 19.3 Å². The van der Waals surface area contributed by atoms with Crippen molar-refractivity contribution in [3.8, 4) is 0 Å². The Morgan fingerprint density at radius 1 is 0.425 bits per heavy atom. The van der Waals surface area contributed by atoms with Crippen LogP contribution in [0.3, 0.4) is 0 Å². The highest BCUT2D eigenvalue weighted by atomic mass is 16.8. The zero-order valence-electron chi connectivity index (χ0n) is 52.5. The molecule has 0 aromatic carbocycles. The van der Waals surface area contributed by atoms with E-state index < -0.39 is 124 Å². The number of amides is 1. The molecule has 3 heterocycles. The Hall–Kier alpha value is -3.29. The largest absolute Gasteiger partial charge is 0.394 e. The third kappa shape index (κ3) is 32.0. The maximum atomic E-state index is 13.4. The second-order valence-corrected chi connectivity index (χ2v) is 23.2. The Morgan fingerprint density at radius 3 is 1.22 bits per heavy atom. The van der Waals surface area contributed by atoms with Crippen LogP contribution in [-0.4, -0.2) is 193 Å². The number of nitrogens with one attached hydrogen (secondary N) is 1. The van der Waals surface area contributed by atoms with E-state index in [-0.39, 0.29) is 18.9 Å². The van der Waals surface area contributed by atoms with Gasteiger partial charge in [0.2, 0.25) is 5.91 Å². The van der Waals surface area contributed by atoms with E-state index in [1.807, 2.05) is 0 Å². The summed E-state index contributed by atoms with van der Waals surface area (Å²) >= 11 is 0. The van der Waals surface area contributed by atoms with Crippen LogP contribution in [0.5, 0.6) is 0 Å². The highest BCUT2D eigenvalue weighted by Crippen LogP contribution is 2.33. The Morgan fingerprint density at radius 2 is 0.793 bits per heavy atom. The molecule has 19 heteroatoms.